The maximum Gasteiger partial charge on any atom is 0.307 e. The third-order valence-corrected chi connectivity index (χ3v) is 3.12. The molecular weight excluding hydrogens is 268 g/mol. The van der Waals surface area contributed by atoms with Crippen molar-refractivity contribution in [2.24, 2.45) is 11.8 Å². The molecule has 1 heterocycles. The number of esters is 1. The molecular formula is C13H25ClN2O3. The van der Waals surface area contributed by atoms with Crippen LogP contribution in [0.3, 0.4) is 0 Å². The van der Waals surface area contributed by atoms with Crippen LogP contribution in [0.15, 0.2) is 0 Å². The minimum atomic E-state index is -0.263. The first-order chi connectivity index (χ1) is 8.54. The molecule has 0 aromatic heterocycles. The summed E-state index contributed by atoms with van der Waals surface area (Å²) in [5.41, 5.74) is 0. The first kappa shape index (κ1) is 18.2. The van der Waals surface area contributed by atoms with Gasteiger partial charge >= 0.3 is 5.97 Å². The molecule has 1 unspecified atom stereocenters. The predicted molar refractivity (Wildman–Crippen MR) is 76.3 cm³/mol. The molecule has 112 valence electrons. The molecule has 0 aromatic rings. The van der Waals surface area contributed by atoms with Crippen LogP contribution in [-0.2, 0) is 14.3 Å². The molecule has 0 aromatic carbocycles. The first-order valence-corrected chi connectivity index (χ1v) is 6.61. The van der Waals surface area contributed by atoms with Gasteiger partial charge in [-0.15, -0.1) is 12.4 Å². The van der Waals surface area contributed by atoms with Gasteiger partial charge in [0.1, 0.15) is 0 Å². The molecule has 5 nitrogen and oxygen atoms in total. The van der Waals surface area contributed by atoms with E-state index in [2.05, 4.69) is 23.9 Å². The molecule has 1 atom stereocenters. The van der Waals surface area contributed by atoms with E-state index in [-0.39, 0.29) is 36.6 Å². The lowest BCUT2D eigenvalue weighted by Crippen LogP contribution is -2.40. The van der Waals surface area contributed by atoms with Gasteiger partial charge in [-0.3, -0.25) is 9.59 Å². The van der Waals surface area contributed by atoms with Crippen LogP contribution in [0, 0.1) is 11.8 Å². The van der Waals surface area contributed by atoms with Gasteiger partial charge in [0.05, 0.1) is 19.4 Å². The van der Waals surface area contributed by atoms with Crippen LogP contribution in [0.5, 0.6) is 0 Å². The zero-order valence-corrected chi connectivity index (χ0v) is 12.8. The predicted octanol–water partition coefficient (Wildman–Crippen LogP) is 1.07. The van der Waals surface area contributed by atoms with Crippen molar-refractivity contribution >= 4 is 24.3 Å². The van der Waals surface area contributed by atoms with Crippen LogP contribution in [-0.4, -0.2) is 50.1 Å². The molecule has 0 saturated carbocycles. The quantitative estimate of drug-likeness (QED) is 0.744. The number of amides is 1. The highest BCUT2D eigenvalue weighted by Gasteiger charge is 2.27. The molecule has 1 fully saturated rings. The number of ether oxygens (including phenoxy) is 1. The maximum absolute atomic E-state index is 12.3. The zero-order valence-electron chi connectivity index (χ0n) is 12.0. The molecule has 1 rings (SSSR count). The van der Waals surface area contributed by atoms with Gasteiger partial charge in [-0.2, -0.15) is 0 Å². The van der Waals surface area contributed by atoms with Crippen LogP contribution >= 0.6 is 12.4 Å². The van der Waals surface area contributed by atoms with Gasteiger partial charge in [0, 0.05) is 19.6 Å². The van der Waals surface area contributed by atoms with E-state index in [0.717, 1.165) is 19.5 Å². The van der Waals surface area contributed by atoms with Gasteiger partial charge in [-0.1, -0.05) is 13.8 Å². The Morgan fingerprint density at radius 2 is 2.11 bits per heavy atom. The van der Waals surface area contributed by atoms with E-state index in [1.807, 2.05) is 0 Å². The van der Waals surface area contributed by atoms with Crippen molar-refractivity contribution < 1.29 is 14.3 Å². The lowest BCUT2D eigenvalue weighted by molar-refractivity contribution is -0.142. The fourth-order valence-electron chi connectivity index (χ4n) is 2.18. The highest BCUT2D eigenvalue weighted by atomic mass is 35.5. The molecule has 0 aliphatic carbocycles. The van der Waals surface area contributed by atoms with Crippen molar-refractivity contribution in [3.8, 4) is 0 Å². The standard InChI is InChI=1S/C13H24N2O3.ClH/c1-10(2)9-15(7-5-12(16)18-3)13(17)11-4-6-14-8-11;/h10-11,14H,4-9H2,1-3H3;1H. The van der Waals surface area contributed by atoms with Gasteiger partial charge in [0.25, 0.3) is 0 Å². The number of carbonyl (C=O) groups is 2. The molecule has 6 heteroatoms. The number of methoxy groups -OCH3 is 1. The highest BCUT2D eigenvalue weighted by molar-refractivity contribution is 5.85. The summed E-state index contributed by atoms with van der Waals surface area (Å²) in [6.07, 6.45) is 1.17. The van der Waals surface area contributed by atoms with Crippen molar-refractivity contribution in [1.29, 1.82) is 0 Å². The molecule has 1 amide bonds. The molecule has 1 saturated heterocycles. The number of rotatable bonds is 6. The van der Waals surface area contributed by atoms with Crippen molar-refractivity contribution in [3.05, 3.63) is 0 Å². The Morgan fingerprint density at radius 3 is 2.58 bits per heavy atom. The van der Waals surface area contributed by atoms with Crippen molar-refractivity contribution in [2.45, 2.75) is 26.7 Å². The minimum Gasteiger partial charge on any atom is -0.469 e. The Labute approximate surface area is 121 Å². The SMILES string of the molecule is COC(=O)CCN(CC(C)C)C(=O)C1CCNC1.Cl. The summed E-state index contributed by atoms with van der Waals surface area (Å²) in [7, 11) is 1.37. The van der Waals surface area contributed by atoms with E-state index in [0.29, 0.717) is 19.0 Å². The lowest BCUT2D eigenvalue weighted by Gasteiger charge is -2.26. The van der Waals surface area contributed by atoms with Crippen molar-refractivity contribution in [3.63, 3.8) is 0 Å². The van der Waals surface area contributed by atoms with Crippen molar-refractivity contribution in [1.82, 2.24) is 10.2 Å². The third kappa shape index (κ3) is 6.25. The van der Waals surface area contributed by atoms with E-state index < -0.39 is 0 Å². The van der Waals surface area contributed by atoms with Gasteiger partial charge in [0.2, 0.25) is 5.91 Å². The second kappa shape index (κ2) is 9.15. The van der Waals surface area contributed by atoms with Gasteiger partial charge in [-0.05, 0) is 18.9 Å². The smallest absolute Gasteiger partial charge is 0.307 e. The highest BCUT2D eigenvalue weighted by Crippen LogP contribution is 2.13. The molecule has 0 bridgehead atoms. The molecule has 0 radical (unpaired) electrons. The Bertz CT molecular complexity index is 292. The van der Waals surface area contributed by atoms with E-state index in [1.165, 1.54) is 7.11 Å². The number of halogens is 1. The second-order valence-corrected chi connectivity index (χ2v) is 5.19. The monoisotopic (exact) mass is 292 g/mol. The summed E-state index contributed by atoms with van der Waals surface area (Å²) in [5, 5.41) is 3.20. The molecule has 19 heavy (non-hydrogen) atoms. The maximum atomic E-state index is 12.3. The van der Waals surface area contributed by atoms with Crippen LogP contribution in [0.1, 0.15) is 26.7 Å². The molecule has 0 spiro atoms. The fourth-order valence-corrected chi connectivity index (χ4v) is 2.18. The number of nitrogens with zero attached hydrogens (tertiary/aromatic N) is 1. The lowest BCUT2D eigenvalue weighted by atomic mass is 10.1. The molecule has 1 aliphatic heterocycles. The number of carbonyl (C=O) groups excluding carboxylic acids is 2. The summed E-state index contributed by atoms with van der Waals surface area (Å²) in [5.74, 6) is 0.376. The van der Waals surface area contributed by atoms with Crippen LogP contribution in [0.25, 0.3) is 0 Å². The average Bonchev–Trinajstić information content (AvgIpc) is 2.86. The molecule has 1 N–H and O–H groups in total. The van der Waals surface area contributed by atoms with Crippen LogP contribution in [0.2, 0.25) is 0 Å². The van der Waals surface area contributed by atoms with Gasteiger partial charge in [0.15, 0.2) is 0 Å². The second-order valence-electron chi connectivity index (χ2n) is 5.19. The largest absolute Gasteiger partial charge is 0.469 e. The minimum absolute atomic E-state index is 0. The van der Waals surface area contributed by atoms with Crippen molar-refractivity contribution in [2.75, 3.05) is 33.3 Å². The summed E-state index contributed by atoms with van der Waals surface area (Å²) in [6.45, 7) is 6.97. The van der Waals surface area contributed by atoms with E-state index in [9.17, 15) is 9.59 Å². The average molecular weight is 293 g/mol. The van der Waals surface area contributed by atoms with E-state index in [4.69, 9.17) is 0 Å². The number of hydrogen-bond donors (Lipinski definition) is 1. The fraction of sp³-hybridized carbons (Fsp3) is 0.846. The summed E-state index contributed by atoms with van der Waals surface area (Å²) in [4.78, 5) is 25.3. The first-order valence-electron chi connectivity index (χ1n) is 6.61. The Balaban J connectivity index is 0.00000324. The Hall–Kier alpha value is -0.810. The van der Waals surface area contributed by atoms with E-state index >= 15 is 0 Å². The van der Waals surface area contributed by atoms with Gasteiger partial charge in [-0.25, -0.2) is 0 Å². The van der Waals surface area contributed by atoms with Crippen LogP contribution < -0.4 is 5.32 Å². The van der Waals surface area contributed by atoms with E-state index in [1.54, 1.807) is 4.90 Å². The Kier molecular flexibility index (Phi) is 8.76. The number of nitrogens with one attached hydrogen (secondary N) is 1. The summed E-state index contributed by atoms with van der Waals surface area (Å²) >= 11 is 0. The zero-order chi connectivity index (χ0) is 13.5. The Morgan fingerprint density at radius 1 is 1.42 bits per heavy atom. The summed E-state index contributed by atoms with van der Waals surface area (Å²) in [6, 6.07) is 0. The molecule has 1 aliphatic rings. The van der Waals surface area contributed by atoms with Gasteiger partial charge < -0.3 is 15.0 Å². The van der Waals surface area contributed by atoms with Crippen LogP contribution in [0.4, 0.5) is 0 Å². The normalized spacial score (nSPS) is 18.0. The topological polar surface area (TPSA) is 58.6 Å². The summed E-state index contributed by atoms with van der Waals surface area (Å²) < 4.78 is 4.62. The number of hydrogen-bond acceptors (Lipinski definition) is 4. The third-order valence-electron chi connectivity index (χ3n) is 3.12.